The number of amides is 1. The summed E-state index contributed by atoms with van der Waals surface area (Å²) in [6.07, 6.45) is 2.32. The zero-order valence-corrected chi connectivity index (χ0v) is 14.3. The Labute approximate surface area is 140 Å². The maximum Gasteiger partial charge on any atom is 0.225 e. The fourth-order valence-electron chi connectivity index (χ4n) is 1.42. The number of nitrogen functional groups attached to an aromatic ring is 1. The Morgan fingerprint density at radius 2 is 2.19 bits per heavy atom. The summed E-state index contributed by atoms with van der Waals surface area (Å²) in [5, 5.41) is 11.3. The van der Waals surface area contributed by atoms with Crippen LogP contribution in [0.2, 0.25) is 5.02 Å². The smallest absolute Gasteiger partial charge is 0.225 e. The van der Waals surface area contributed by atoms with Crippen molar-refractivity contribution in [3.63, 3.8) is 0 Å². The largest absolute Gasteiger partial charge is 0.397 e. The van der Waals surface area contributed by atoms with Crippen LogP contribution in [0.3, 0.4) is 0 Å². The molecule has 0 unspecified atom stereocenters. The molecule has 1 aromatic carbocycles. The molecule has 1 amide bonds. The molecule has 3 N–H and O–H groups in total. The monoisotopic (exact) mass is 360 g/mol. The molecule has 5 nitrogen and oxygen atoms in total. The standard InChI is InChI=1S/C12H13ClN4OS3/c1-19-11-16-17-12(21-11)20-5-4-10(18)15-9-6-7(13)2-3-8(9)14/h2-3,6H,4-5,14H2,1H3,(H,15,18). The number of halogens is 1. The number of anilines is 2. The van der Waals surface area contributed by atoms with Crippen LogP contribution in [0.25, 0.3) is 0 Å². The molecule has 112 valence electrons. The van der Waals surface area contributed by atoms with E-state index in [1.54, 1.807) is 30.0 Å². The first kappa shape index (κ1) is 16.4. The van der Waals surface area contributed by atoms with Gasteiger partial charge in [-0.05, 0) is 24.5 Å². The van der Waals surface area contributed by atoms with Crippen LogP contribution in [0, 0.1) is 0 Å². The summed E-state index contributed by atoms with van der Waals surface area (Å²) in [7, 11) is 0. The minimum absolute atomic E-state index is 0.105. The van der Waals surface area contributed by atoms with Gasteiger partial charge in [0, 0.05) is 17.2 Å². The van der Waals surface area contributed by atoms with E-state index in [9.17, 15) is 4.79 Å². The SMILES string of the molecule is CSc1nnc(SCCC(=O)Nc2cc(Cl)ccc2N)s1. The molecule has 0 saturated carbocycles. The molecule has 0 aliphatic heterocycles. The Morgan fingerprint density at radius 1 is 1.43 bits per heavy atom. The van der Waals surface area contributed by atoms with E-state index >= 15 is 0 Å². The molecule has 0 spiro atoms. The lowest BCUT2D eigenvalue weighted by Crippen LogP contribution is -2.13. The van der Waals surface area contributed by atoms with E-state index in [-0.39, 0.29) is 5.91 Å². The Kier molecular flexibility index (Phi) is 6.16. The van der Waals surface area contributed by atoms with E-state index in [4.69, 9.17) is 17.3 Å². The zero-order chi connectivity index (χ0) is 15.2. The number of nitrogens with zero attached hydrogens (tertiary/aromatic N) is 2. The maximum atomic E-state index is 11.9. The first-order chi connectivity index (χ1) is 10.1. The van der Waals surface area contributed by atoms with Crippen molar-refractivity contribution in [2.75, 3.05) is 23.1 Å². The molecule has 0 atom stereocenters. The number of carbonyl (C=O) groups excluding carboxylic acids is 1. The Hall–Kier alpha value is -0.960. The van der Waals surface area contributed by atoms with Gasteiger partial charge in [-0.2, -0.15) is 0 Å². The minimum atomic E-state index is -0.105. The second-order valence-electron chi connectivity index (χ2n) is 3.92. The molecular formula is C12H13ClN4OS3. The molecule has 0 radical (unpaired) electrons. The van der Waals surface area contributed by atoms with Crippen molar-refractivity contribution in [2.24, 2.45) is 0 Å². The summed E-state index contributed by atoms with van der Waals surface area (Å²) < 4.78 is 1.79. The highest BCUT2D eigenvalue weighted by atomic mass is 35.5. The number of hydrogen-bond donors (Lipinski definition) is 2. The number of aromatic nitrogens is 2. The van der Waals surface area contributed by atoms with Crippen molar-refractivity contribution in [1.29, 1.82) is 0 Å². The van der Waals surface area contributed by atoms with Crippen LogP contribution in [0.4, 0.5) is 11.4 Å². The van der Waals surface area contributed by atoms with Gasteiger partial charge in [-0.3, -0.25) is 4.79 Å². The molecular weight excluding hydrogens is 348 g/mol. The normalized spacial score (nSPS) is 10.6. The lowest BCUT2D eigenvalue weighted by molar-refractivity contribution is -0.115. The van der Waals surface area contributed by atoms with E-state index in [0.717, 1.165) is 8.68 Å². The van der Waals surface area contributed by atoms with Gasteiger partial charge in [-0.15, -0.1) is 10.2 Å². The molecule has 0 bridgehead atoms. The van der Waals surface area contributed by atoms with Crippen LogP contribution < -0.4 is 11.1 Å². The van der Waals surface area contributed by atoms with E-state index in [1.165, 1.54) is 23.1 Å². The lowest BCUT2D eigenvalue weighted by atomic mass is 10.2. The molecule has 0 aliphatic rings. The number of rotatable bonds is 6. The van der Waals surface area contributed by atoms with Crippen molar-refractivity contribution < 1.29 is 4.79 Å². The minimum Gasteiger partial charge on any atom is -0.397 e. The summed E-state index contributed by atoms with van der Waals surface area (Å²) in [6, 6.07) is 4.98. The van der Waals surface area contributed by atoms with Gasteiger partial charge in [0.2, 0.25) is 5.91 Å². The van der Waals surface area contributed by atoms with Crippen molar-refractivity contribution in [3.8, 4) is 0 Å². The van der Waals surface area contributed by atoms with Gasteiger partial charge in [0.05, 0.1) is 11.4 Å². The first-order valence-electron chi connectivity index (χ1n) is 5.93. The van der Waals surface area contributed by atoms with Gasteiger partial charge in [-0.25, -0.2) is 0 Å². The number of nitrogens with one attached hydrogen (secondary N) is 1. The third-order valence-corrected chi connectivity index (χ3v) is 5.68. The predicted octanol–water partition coefficient (Wildman–Crippen LogP) is 3.62. The van der Waals surface area contributed by atoms with Gasteiger partial charge < -0.3 is 11.1 Å². The fraction of sp³-hybridized carbons (Fsp3) is 0.250. The van der Waals surface area contributed by atoms with E-state index in [2.05, 4.69) is 15.5 Å². The van der Waals surface area contributed by atoms with Crippen LogP contribution in [0.1, 0.15) is 6.42 Å². The molecule has 1 heterocycles. The van der Waals surface area contributed by atoms with Gasteiger partial charge in [0.25, 0.3) is 0 Å². The van der Waals surface area contributed by atoms with Crippen LogP contribution in [0.15, 0.2) is 26.9 Å². The number of thioether (sulfide) groups is 2. The van der Waals surface area contributed by atoms with Crippen LogP contribution in [-0.2, 0) is 4.79 Å². The topological polar surface area (TPSA) is 80.9 Å². The molecule has 21 heavy (non-hydrogen) atoms. The third-order valence-electron chi connectivity index (χ3n) is 2.41. The Morgan fingerprint density at radius 3 is 2.90 bits per heavy atom. The molecule has 2 aromatic rings. The average Bonchev–Trinajstić information content (AvgIpc) is 2.91. The molecule has 2 rings (SSSR count). The van der Waals surface area contributed by atoms with Crippen molar-refractivity contribution in [1.82, 2.24) is 10.2 Å². The van der Waals surface area contributed by atoms with E-state index < -0.39 is 0 Å². The summed E-state index contributed by atoms with van der Waals surface area (Å²) in [4.78, 5) is 11.9. The number of nitrogens with two attached hydrogens (primary N) is 1. The van der Waals surface area contributed by atoms with E-state index in [1.807, 2.05) is 6.26 Å². The molecule has 0 saturated heterocycles. The second-order valence-corrected chi connectivity index (χ2v) is 7.73. The number of hydrogen-bond acceptors (Lipinski definition) is 7. The number of benzene rings is 1. The van der Waals surface area contributed by atoms with E-state index in [0.29, 0.717) is 28.6 Å². The summed E-state index contributed by atoms with van der Waals surface area (Å²) in [5.41, 5.74) is 6.81. The van der Waals surface area contributed by atoms with Crippen LogP contribution >= 0.6 is 46.5 Å². The predicted molar refractivity (Wildman–Crippen MR) is 91.5 cm³/mol. The van der Waals surface area contributed by atoms with Gasteiger partial charge in [-0.1, -0.05) is 46.5 Å². The average molecular weight is 361 g/mol. The van der Waals surface area contributed by atoms with Crippen molar-refractivity contribution in [2.45, 2.75) is 15.1 Å². The quantitative estimate of drug-likeness (QED) is 0.605. The summed E-state index contributed by atoms with van der Waals surface area (Å²) in [6.45, 7) is 0. The lowest BCUT2D eigenvalue weighted by Gasteiger charge is -2.08. The van der Waals surface area contributed by atoms with Crippen molar-refractivity contribution in [3.05, 3.63) is 23.2 Å². The summed E-state index contributed by atoms with van der Waals surface area (Å²) in [5.74, 6) is 0.529. The second kappa shape index (κ2) is 7.88. The third kappa shape index (κ3) is 5.06. The van der Waals surface area contributed by atoms with Crippen LogP contribution in [-0.4, -0.2) is 28.1 Å². The maximum absolute atomic E-state index is 11.9. The highest BCUT2D eigenvalue weighted by molar-refractivity contribution is 8.02. The van der Waals surface area contributed by atoms with Crippen LogP contribution in [0.5, 0.6) is 0 Å². The molecule has 9 heteroatoms. The van der Waals surface area contributed by atoms with Gasteiger partial charge >= 0.3 is 0 Å². The summed E-state index contributed by atoms with van der Waals surface area (Å²) >= 11 is 10.5. The van der Waals surface area contributed by atoms with Gasteiger partial charge in [0.15, 0.2) is 8.68 Å². The fourth-order valence-corrected chi connectivity index (χ4v) is 4.04. The molecule has 0 fully saturated rings. The Bertz CT molecular complexity index is 635. The highest BCUT2D eigenvalue weighted by Crippen LogP contribution is 2.28. The zero-order valence-electron chi connectivity index (χ0n) is 11.1. The van der Waals surface area contributed by atoms with Crippen molar-refractivity contribution >= 4 is 63.7 Å². The first-order valence-corrected chi connectivity index (χ1v) is 9.34. The molecule has 1 aromatic heterocycles. The Balaban J connectivity index is 1.80. The highest BCUT2D eigenvalue weighted by Gasteiger charge is 2.08. The van der Waals surface area contributed by atoms with Gasteiger partial charge in [0.1, 0.15) is 0 Å². The number of carbonyl (C=O) groups is 1. The molecule has 0 aliphatic carbocycles.